The first kappa shape index (κ1) is 11.7. The van der Waals surface area contributed by atoms with Gasteiger partial charge in [0, 0.05) is 18.3 Å². The summed E-state index contributed by atoms with van der Waals surface area (Å²) in [5, 5.41) is 9.28. The number of carbonyl (C=O) groups is 1. The van der Waals surface area contributed by atoms with Crippen molar-refractivity contribution in [1.29, 1.82) is 0 Å². The molecule has 5 nitrogen and oxygen atoms in total. The molecule has 0 radical (unpaired) electrons. The minimum absolute atomic E-state index is 0.0340. The van der Waals surface area contributed by atoms with E-state index in [0.29, 0.717) is 10.6 Å². The first-order chi connectivity index (χ1) is 7.10. The van der Waals surface area contributed by atoms with Gasteiger partial charge in [-0.05, 0) is 6.07 Å². The largest absolute Gasteiger partial charge is 0.481 e. The number of methoxy groups -OCH3 is 1. The number of ether oxygens (including phenoxy) is 1. The van der Waals surface area contributed by atoms with Crippen molar-refractivity contribution in [3.63, 3.8) is 0 Å². The molecule has 0 spiro atoms. The molecule has 0 amide bonds. The summed E-state index contributed by atoms with van der Waals surface area (Å²) in [5.41, 5.74) is 5.76. The third kappa shape index (κ3) is 2.57. The Bertz CT molecular complexity index is 370. The molecule has 0 aromatic carbocycles. The van der Waals surface area contributed by atoms with Crippen LogP contribution in [0.4, 0.5) is 0 Å². The van der Waals surface area contributed by atoms with E-state index in [2.05, 4.69) is 4.98 Å². The number of nitrogens with two attached hydrogens (primary N) is 1. The molecular weight excluding hydrogens is 220 g/mol. The molecule has 6 heteroatoms. The fourth-order valence-corrected chi connectivity index (χ4v) is 1.39. The fraction of sp³-hybridized carbons (Fsp3) is 0.333. The summed E-state index contributed by atoms with van der Waals surface area (Å²) in [5.74, 6) is -1.65. The van der Waals surface area contributed by atoms with E-state index in [1.165, 1.54) is 19.4 Å². The molecular formula is C9H11ClN2O3. The van der Waals surface area contributed by atoms with Crippen LogP contribution in [-0.4, -0.2) is 29.7 Å². The average Bonchev–Trinajstić information content (AvgIpc) is 2.18. The Morgan fingerprint density at radius 3 is 2.93 bits per heavy atom. The van der Waals surface area contributed by atoms with Crippen molar-refractivity contribution in [2.24, 2.45) is 5.73 Å². The predicted molar refractivity (Wildman–Crippen MR) is 55.2 cm³/mol. The number of aliphatic carboxylic acids is 1. The van der Waals surface area contributed by atoms with Crippen molar-refractivity contribution in [1.82, 2.24) is 4.98 Å². The molecule has 1 heterocycles. The number of carboxylic acids is 1. The van der Waals surface area contributed by atoms with Gasteiger partial charge in [-0.1, -0.05) is 11.6 Å². The lowest BCUT2D eigenvalue weighted by molar-refractivity contribution is -0.138. The summed E-state index contributed by atoms with van der Waals surface area (Å²) in [6.45, 7) is -0.0340. The topological polar surface area (TPSA) is 85.4 Å². The highest BCUT2D eigenvalue weighted by Gasteiger charge is 2.23. The van der Waals surface area contributed by atoms with Crippen LogP contribution in [0.5, 0.6) is 5.88 Å². The lowest BCUT2D eigenvalue weighted by Crippen LogP contribution is -2.22. The van der Waals surface area contributed by atoms with E-state index in [-0.39, 0.29) is 12.4 Å². The van der Waals surface area contributed by atoms with Gasteiger partial charge in [0.05, 0.1) is 18.1 Å². The second kappa shape index (κ2) is 4.95. The van der Waals surface area contributed by atoms with Crippen LogP contribution in [0, 0.1) is 0 Å². The van der Waals surface area contributed by atoms with Crippen molar-refractivity contribution < 1.29 is 14.6 Å². The number of halogens is 1. The van der Waals surface area contributed by atoms with Crippen molar-refractivity contribution in [2.45, 2.75) is 5.92 Å². The van der Waals surface area contributed by atoms with E-state index >= 15 is 0 Å². The van der Waals surface area contributed by atoms with Gasteiger partial charge in [0.2, 0.25) is 5.88 Å². The Balaban J connectivity index is 3.19. The highest BCUT2D eigenvalue weighted by molar-refractivity contribution is 6.30. The Kier molecular flexibility index (Phi) is 3.88. The third-order valence-electron chi connectivity index (χ3n) is 1.95. The lowest BCUT2D eigenvalue weighted by Gasteiger charge is -2.13. The minimum Gasteiger partial charge on any atom is -0.481 e. The number of aromatic nitrogens is 1. The number of rotatable bonds is 4. The Labute approximate surface area is 91.8 Å². The van der Waals surface area contributed by atoms with Gasteiger partial charge in [-0.25, -0.2) is 4.98 Å². The lowest BCUT2D eigenvalue weighted by atomic mass is 10.0. The molecule has 1 unspecified atom stereocenters. The quantitative estimate of drug-likeness (QED) is 0.802. The van der Waals surface area contributed by atoms with Crippen LogP contribution in [0.1, 0.15) is 11.5 Å². The summed E-state index contributed by atoms with van der Waals surface area (Å²) < 4.78 is 4.94. The zero-order valence-electron chi connectivity index (χ0n) is 8.11. The second-order valence-electron chi connectivity index (χ2n) is 2.88. The summed E-state index contributed by atoms with van der Waals surface area (Å²) in [6.07, 6.45) is 1.39. The van der Waals surface area contributed by atoms with E-state index in [0.717, 1.165) is 0 Å². The number of pyridine rings is 1. The first-order valence-electron chi connectivity index (χ1n) is 4.22. The van der Waals surface area contributed by atoms with Gasteiger partial charge in [0.1, 0.15) is 0 Å². The van der Waals surface area contributed by atoms with Crippen LogP contribution < -0.4 is 10.5 Å². The molecule has 0 aliphatic carbocycles. The maximum absolute atomic E-state index is 10.9. The maximum Gasteiger partial charge on any atom is 0.312 e. The second-order valence-corrected chi connectivity index (χ2v) is 3.32. The molecule has 1 aromatic rings. The molecule has 1 aromatic heterocycles. The Morgan fingerprint density at radius 1 is 1.80 bits per heavy atom. The molecule has 1 rings (SSSR count). The van der Waals surface area contributed by atoms with Crippen LogP contribution in [0.2, 0.25) is 5.02 Å². The van der Waals surface area contributed by atoms with Crippen LogP contribution in [-0.2, 0) is 4.79 Å². The average molecular weight is 231 g/mol. The van der Waals surface area contributed by atoms with Gasteiger partial charge in [0.25, 0.3) is 0 Å². The van der Waals surface area contributed by atoms with Crippen LogP contribution >= 0.6 is 11.6 Å². The van der Waals surface area contributed by atoms with Crippen molar-refractivity contribution in [2.75, 3.05) is 13.7 Å². The highest BCUT2D eigenvalue weighted by atomic mass is 35.5. The molecule has 0 bridgehead atoms. The molecule has 82 valence electrons. The number of hydrogen-bond donors (Lipinski definition) is 2. The SMILES string of the molecule is COc1ncc(Cl)cc1C(CN)C(=O)O. The van der Waals surface area contributed by atoms with Gasteiger partial charge in [-0.15, -0.1) is 0 Å². The zero-order valence-corrected chi connectivity index (χ0v) is 8.86. The number of nitrogens with zero attached hydrogens (tertiary/aromatic N) is 1. The van der Waals surface area contributed by atoms with Gasteiger partial charge in [0.15, 0.2) is 0 Å². The standard InChI is InChI=1S/C9H11ClN2O3/c1-15-8-6(2-5(10)4-12-8)7(3-11)9(13)14/h2,4,7H,3,11H2,1H3,(H,13,14). The van der Waals surface area contributed by atoms with E-state index in [9.17, 15) is 4.79 Å². The van der Waals surface area contributed by atoms with Crippen molar-refractivity contribution >= 4 is 17.6 Å². The van der Waals surface area contributed by atoms with Crippen molar-refractivity contribution in [3.8, 4) is 5.88 Å². The molecule has 1 atom stereocenters. The summed E-state index contributed by atoms with van der Waals surface area (Å²) >= 11 is 5.73. The van der Waals surface area contributed by atoms with Gasteiger partial charge < -0.3 is 15.6 Å². The zero-order chi connectivity index (χ0) is 11.4. The van der Waals surface area contributed by atoms with Crippen LogP contribution in [0.3, 0.4) is 0 Å². The molecule has 0 saturated heterocycles. The normalized spacial score (nSPS) is 12.2. The smallest absolute Gasteiger partial charge is 0.312 e. The summed E-state index contributed by atoms with van der Waals surface area (Å²) in [6, 6.07) is 1.50. The van der Waals surface area contributed by atoms with E-state index in [4.69, 9.17) is 27.2 Å². The molecule has 3 N–H and O–H groups in total. The summed E-state index contributed by atoms with van der Waals surface area (Å²) in [7, 11) is 1.41. The highest BCUT2D eigenvalue weighted by Crippen LogP contribution is 2.26. The van der Waals surface area contributed by atoms with Crippen LogP contribution in [0.15, 0.2) is 12.3 Å². The number of hydrogen-bond acceptors (Lipinski definition) is 4. The molecule has 0 aliphatic rings. The fourth-order valence-electron chi connectivity index (χ4n) is 1.22. The minimum atomic E-state index is -1.03. The Hall–Kier alpha value is -1.33. The third-order valence-corrected chi connectivity index (χ3v) is 2.15. The molecule has 15 heavy (non-hydrogen) atoms. The molecule has 0 aliphatic heterocycles. The maximum atomic E-state index is 10.9. The predicted octanol–water partition coefficient (Wildman–Crippen LogP) is 0.871. The van der Waals surface area contributed by atoms with E-state index in [1.807, 2.05) is 0 Å². The molecule has 0 saturated carbocycles. The van der Waals surface area contributed by atoms with E-state index in [1.54, 1.807) is 0 Å². The molecule has 0 fully saturated rings. The number of carboxylic acid groups (broad SMARTS) is 1. The van der Waals surface area contributed by atoms with Gasteiger partial charge in [-0.2, -0.15) is 0 Å². The monoisotopic (exact) mass is 230 g/mol. The first-order valence-corrected chi connectivity index (χ1v) is 4.60. The van der Waals surface area contributed by atoms with Gasteiger partial charge in [-0.3, -0.25) is 4.79 Å². The van der Waals surface area contributed by atoms with Crippen molar-refractivity contribution in [3.05, 3.63) is 22.8 Å². The van der Waals surface area contributed by atoms with Gasteiger partial charge >= 0.3 is 5.97 Å². The summed E-state index contributed by atoms with van der Waals surface area (Å²) in [4.78, 5) is 14.8. The Morgan fingerprint density at radius 2 is 2.47 bits per heavy atom. The van der Waals surface area contributed by atoms with Crippen LogP contribution in [0.25, 0.3) is 0 Å². The van der Waals surface area contributed by atoms with E-state index < -0.39 is 11.9 Å².